The molecule has 2 N–H and O–H groups in total. The minimum Gasteiger partial charge on any atom is -0.496 e. The molecule has 5 nitrogen and oxygen atoms in total. The molecule has 1 rings (SSSR count). The third kappa shape index (κ3) is 4.72. The van der Waals surface area contributed by atoms with Gasteiger partial charge in [0.15, 0.2) is 0 Å². The van der Waals surface area contributed by atoms with Crippen molar-refractivity contribution in [3.8, 4) is 5.75 Å². The molecule has 0 radical (unpaired) electrons. The molecule has 0 unspecified atom stereocenters. The molecule has 1 aromatic rings. The van der Waals surface area contributed by atoms with Gasteiger partial charge in [-0.2, -0.15) is 11.8 Å². The van der Waals surface area contributed by atoms with E-state index in [2.05, 4.69) is 21.2 Å². The summed E-state index contributed by atoms with van der Waals surface area (Å²) in [4.78, 5) is 23.1. The molecule has 0 bridgehead atoms. The van der Waals surface area contributed by atoms with Crippen molar-refractivity contribution in [1.82, 2.24) is 5.32 Å². The van der Waals surface area contributed by atoms with Gasteiger partial charge >= 0.3 is 5.97 Å². The number of hydrogen-bond donors (Lipinski definition) is 2. The fraction of sp³-hybridized carbons (Fsp3) is 0.385. The molecule has 0 aromatic heterocycles. The van der Waals surface area contributed by atoms with Crippen LogP contribution in [0.1, 0.15) is 16.8 Å². The van der Waals surface area contributed by atoms with Crippen LogP contribution in [0.25, 0.3) is 0 Å². The molecule has 0 spiro atoms. The third-order valence-electron chi connectivity index (χ3n) is 2.63. The van der Waals surface area contributed by atoms with Gasteiger partial charge in [0.2, 0.25) is 0 Å². The number of aliphatic carboxylic acids is 1. The van der Waals surface area contributed by atoms with Gasteiger partial charge in [0.25, 0.3) is 5.91 Å². The fourth-order valence-corrected chi connectivity index (χ4v) is 2.55. The monoisotopic (exact) mass is 361 g/mol. The van der Waals surface area contributed by atoms with E-state index >= 15 is 0 Å². The molecule has 0 saturated heterocycles. The lowest BCUT2D eigenvalue weighted by atomic mass is 10.1. The Bertz CT molecular complexity index is 495. The Morgan fingerprint density at radius 1 is 1.50 bits per heavy atom. The summed E-state index contributed by atoms with van der Waals surface area (Å²) in [7, 11) is 1.53. The first kappa shape index (κ1) is 16.8. The molecule has 1 amide bonds. The molecule has 0 aliphatic rings. The summed E-state index contributed by atoms with van der Waals surface area (Å²) in [5.41, 5.74) is 0.382. The van der Waals surface area contributed by atoms with Crippen LogP contribution in [0.5, 0.6) is 5.75 Å². The van der Waals surface area contributed by atoms with E-state index in [9.17, 15) is 9.59 Å². The lowest BCUT2D eigenvalue weighted by Gasteiger charge is -2.14. The van der Waals surface area contributed by atoms with Gasteiger partial charge in [-0.3, -0.25) is 4.79 Å². The minimum atomic E-state index is -1.03. The van der Waals surface area contributed by atoms with Gasteiger partial charge in [0.1, 0.15) is 11.8 Å². The Kier molecular flexibility index (Phi) is 6.87. The number of halogens is 1. The summed E-state index contributed by atoms with van der Waals surface area (Å²) in [6, 6.07) is 3.96. The molecule has 20 heavy (non-hydrogen) atoms. The third-order valence-corrected chi connectivity index (χ3v) is 3.89. The quantitative estimate of drug-likeness (QED) is 0.779. The van der Waals surface area contributed by atoms with Crippen LogP contribution in [0, 0.1) is 0 Å². The number of carboxylic acid groups (broad SMARTS) is 1. The van der Waals surface area contributed by atoms with Gasteiger partial charge in [-0.05, 0) is 52.6 Å². The Morgan fingerprint density at radius 2 is 2.20 bits per heavy atom. The van der Waals surface area contributed by atoms with E-state index in [-0.39, 0.29) is 0 Å². The van der Waals surface area contributed by atoms with Gasteiger partial charge in [-0.25, -0.2) is 4.79 Å². The number of nitrogens with one attached hydrogen (secondary N) is 1. The average molecular weight is 362 g/mol. The molecule has 110 valence electrons. The number of thioether (sulfide) groups is 1. The van der Waals surface area contributed by atoms with Crippen molar-refractivity contribution in [2.45, 2.75) is 12.5 Å². The molecule has 1 aromatic carbocycles. The molecule has 0 aliphatic heterocycles. The summed E-state index contributed by atoms with van der Waals surface area (Å²) in [5, 5.41) is 11.6. The normalized spacial score (nSPS) is 11.8. The second kappa shape index (κ2) is 8.16. The van der Waals surface area contributed by atoms with Crippen molar-refractivity contribution in [2.24, 2.45) is 0 Å². The average Bonchev–Trinajstić information content (AvgIpc) is 2.42. The van der Waals surface area contributed by atoms with E-state index in [1.807, 2.05) is 6.26 Å². The van der Waals surface area contributed by atoms with Crippen LogP contribution >= 0.6 is 27.7 Å². The maximum absolute atomic E-state index is 12.0. The topological polar surface area (TPSA) is 75.6 Å². The van der Waals surface area contributed by atoms with E-state index in [1.165, 1.54) is 18.9 Å². The van der Waals surface area contributed by atoms with Gasteiger partial charge < -0.3 is 15.2 Å². The molecule has 7 heteroatoms. The Balaban J connectivity index is 2.78. The fourth-order valence-electron chi connectivity index (χ4n) is 1.54. The van der Waals surface area contributed by atoms with Crippen LogP contribution in [0.2, 0.25) is 0 Å². The second-order valence-electron chi connectivity index (χ2n) is 4.00. The van der Waals surface area contributed by atoms with Crippen molar-refractivity contribution >= 4 is 39.6 Å². The Morgan fingerprint density at radius 3 is 2.70 bits per heavy atom. The molecule has 0 fully saturated rings. The molecule has 0 saturated carbocycles. The maximum atomic E-state index is 12.0. The number of benzene rings is 1. The molecule has 0 aliphatic carbocycles. The molecule has 1 atom stereocenters. The van der Waals surface area contributed by atoms with Crippen LogP contribution in [-0.2, 0) is 4.79 Å². The maximum Gasteiger partial charge on any atom is 0.326 e. The lowest BCUT2D eigenvalue weighted by molar-refractivity contribution is -0.139. The van der Waals surface area contributed by atoms with Crippen LogP contribution in [0.3, 0.4) is 0 Å². The van der Waals surface area contributed by atoms with Crippen LogP contribution in [0.4, 0.5) is 0 Å². The number of rotatable bonds is 7. The van der Waals surface area contributed by atoms with Crippen molar-refractivity contribution in [1.29, 1.82) is 0 Å². The van der Waals surface area contributed by atoms with Gasteiger partial charge in [-0.15, -0.1) is 0 Å². The standard InChI is InChI=1S/C13H16BrNO4S/c1-19-11-4-3-8(7-9(11)14)12(16)15-10(13(17)18)5-6-20-2/h3-4,7,10H,5-6H2,1-2H3,(H,15,16)(H,17,18)/t10-/m0/s1. The highest BCUT2D eigenvalue weighted by Crippen LogP contribution is 2.25. The molecular weight excluding hydrogens is 346 g/mol. The largest absolute Gasteiger partial charge is 0.496 e. The first-order valence-electron chi connectivity index (χ1n) is 5.85. The number of carbonyl (C=O) groups excluding carboxylic acids is 1. The van der Waals surface area contributed by atoms with Gasteiger partial charge in [0.05, 0.1) is 11.6 Å². The first-order valence-corrected chi connectivity index (χ1v) is 8.04. The van der Waals surface area contributed by atoms with Crippen molar-refractivity contribution < 1.29 is 19.4 Å². The summed E-state index contributed by atoms with van der Waals surface area (Å²) < 4.78 is 5.72. The molecule has 0 heterocycles. The number of amides is 1. The Labute approximate surface area is 130 Å². The lowest BCUT2D eigenvalue weighted by Crippen LogP contribution is -2.41. The summed E-state index contributed by atoms with van der Waals surface area (Å²) in [6.45, 7) is 0. The van der Waals surface area contributed by atoms with Crippen molar-refractivity contribution in [3.63, 3.8) is 0 Å². The zero-order chi connectivity index (χ0) is 15.1. The zero-order valence-electron chi connectivity index (χ0n) is 11.2. The van der Waals surface area contributed by atoms with Crippen LogP contribution < -0.4 is 10.1 Å². The highest BCUT2D eigenvalue weighted by molar-refractivity contribution is 9.10. The zero-order valence-corrected chi connectivity index (χ0v) is 13.6. The summed E-state index contributed by atoms with van der Waals surface area (Å²) in [5.74, 6) is -0.163. The number of methoxy groups -OCH3 is 1. The highest BCUT2D eigenvalue weighted by atomic mass is 79.9. The summed E-state index contributed by atoms with van der Waals surface area (Å²) in [6.07, 6.45) is 2.28. The minimum absolute atomic E-state index is 0.382. The van der Waals surface area contributed by atoms with E-state index in [0.29, 0.717) is 28.0 Å². The SMILES string of the molecule is COc1ccc(C(=O)N[C@@H](CCSC)C(=O)O)cc1Br. The van der Waals surface area contributed by atoms with Crippen LogP contribution in [-0.4, -0.2) is 42.1 Å². The van der Waals surface area contributed by atoms with E-state index < -0.39 is 17.9 Å². The number of hydrogen-bond acceptors (Lipinski definition) is 4. The first-order chi connectivity index (χ1) is 9.49. The number of ether oxygens (including phenoxy) is 1. The predicted molar refractivity (Wildman–Crippen MR) is 82.6 cm³/mol. The highest BCUT2D eigenvalue weighted by Gasteiger charge is 2.20. The predicted octanol–water partition coefficient (Wildman–Crippen LogP) is 2.39. The van der Waals surface area contributed by atoms with E-state index in [1.54, 1.807) is 18.2 Å². The molecular formula is C13H16BrNO4S. The van der Waals surface area contributed by atoms with E-state index in [0.717, 1.165) is 0 Å². The van der Waals surface area contributed by atoms with Gasteiger partial charge in [0, 0.05) is 5.56 Å². The smallest absolute Gasteiger partial charge is 0.326 e. The van der Waals surface area contributed by atoms with Crippen molar-refractivity contribution in [2.75, 3.05) is 19.1 Å². The second-order valence-corrected chi connectivity index (χ2v) is 5.84. The Hall–Kier alpha value is -1.21. The van der Waals surface area contributed by atoms with Crippen molar-refractivity contribution in [3.05, 3.63) is 28.2 Å². The number of carbonyl (C=O) groups is 2. The number of carboxylic acids is 1. The van der Waals surface area contributed by atoms with Crippen LogP contribution in [0.15, 0.2) is 22.7 Å². The van der Waals surface area contributed by atoms with Gasteiger partial charge in [-0.1, -0.05) is 0 Å². The van der Waals surface area contributed by atoms with E-state index in [4.69, 9.17) is 9.84 Å². The summed E-state index contributed by atoms with van der Waals surface area (Å²) >= 11 is 4.83.